The molecule has 2 rings (SSSR count). The molecular formula is C18H23FIN3. The largest absolute Gasteiger partial charge is 0.356 e. The molecule has 0 bridgehead atoms. The minimum atomic E-state index is -0.202. The van der Waals surface area contributed by atoms with Gasteiger partial charge in [0.25, 0.3) is 0 Å². The average molecular weight is 427 g/mol. The van der Waals surface area contributed by atoms with E-state index in [-0.39, 0.29) is 29.8 Å². The number of halogens is 2. The fraction of sp³-hybridized carbons (Fsp3) is 0.278. The van der Waals surface area contributed by atoms with Crippen molar-refractivity contribution in [3.63, 3.8) is 0 Å². The number of nitrogens with zero attached hydrogens (tertiary/aromatic N) is 1. The standard InChI is InChI=1S/C18H22FN3.HI/c1-14-3-5-16(6-4-14)13-22-18(20-2)21-12-11-15-7-9-17(19)10-8-15;/h3-10H,11-13H2,1-2H3,(H2,20,21,22);1H. The summed E-state index contributed by atoms with van der Waals surface area (Å²) in [5.41, 5.74) is 3.57. The van der Waals surface area contributed by atoms with Crippen LogP contribution in [-0.2, 0) is 13.0 Å². The van der Waals surface area contributed by atoms with E-state index in [0.29, 0.717) is 0 Å². The number of hydrogen-bond acceptors (Lipinski definition) is 1. The van der Waals surface area contributed by atoms with Crippen molar-refractivity contribution in [1.29, 1.82) is 0 Å². The lowest BCUT2D eigenvalue weighted by Gasteiger charge is -2.12. The Morgan fingerprint density at radius 2 is 1.57 bits per heavy atom. The van der Waals surface area contributed by atoms with Gasteiger partial charge < -0.3 is 10.6 Å². The first kappa shape index (κ1) is 19.4. The SMILES string of the molecule is CN=C(NCCc1ccc(F)cc1)NCc1ccc(C)cc1.I. The second kappa shape index (κ2) is 10.2. The zero-order chi connectivity index (χ0) is 15.8. The maximum absolute atomic E-state index is 12.8. The second-order valence-electron chi connectivity index (χ2n) is 5.21. The van der Waals surface area contributed by atoms with Gasteiger partial charge in [-0.2, -0.15) is 0 Å². The minimum absolute atomic E-state index is 0. The Labute approximate surface area is 154 Å². The molecule has 0 aromatic heterocycles. The molecule has 0 unspecified atom stereocenters. The van der Waals surface area contributed by atoms with Crippen LogP contribution in [0.25, 0.3) is 0 Å². The normalized spacial score (nSPS) is 10.8. The fourth-order valence-corrected chi connectivity index (χ4v) is 2.09. The molecule has 0 aliphatic heterocycles. The van der Waals surface area contributed by atoms with Crippen LogP contribution in [0.15, 0.2) is 53.5 Å². The molecule has 0 saturated heterocycles. The highest BCUT2D eigenvalue weighted by Gasteiger charge is 1.99. The van der Waals surface area contributed by atoms with Crippen LogP contribution in [0.1, 0.15) is 16.7 Å². The molecule has 23 heavy (non-hydrogen) atoms. The Morgan fingerprint density at radius 3 is 2.17 bits per heavy atom. The van der Waals surface area contributed by atoms with E-state index in [1.165, 1.54) is 23.3 Å². The van der Waals surface area contributed by atoms with Crippen molar-refractivity contribution in [1.82, 2.24) is 10.6 Å². The molecule has 2 N–H and O–H groups in total. The van der Waals surface area contributed by atoms with Gasteiger partial charge in [0, 0.05) is 20.1 Å². The van der Waals surface area contributed by atoms with E-state index in [2.05, 4.69) is 46.8 Å². The summed E-state index contributed by atoms with van der Waals surface area (Å²) in [7, 11) is 1.75. The summed E-state index contributed by atoms with van der Waals surface area (Å²) in [6, 6.07) is 15.0. The molecule has 0 saturated carbocycles. The summed E-state index contributed by atoms with van der Waals surface area (Å²) in [5.74, 6) is 0.565. The smallest absolute Gasteiger partial charge is 0.191 e. The Balaban J connectivity index is 0.00000264. The maximum atomic E-state index is 12.8. The highest BCUT2D eigenvalue weighted by Crippen LogP contribution is 2.03. The number of benzene rings is 2. The van der Waals surface area contributed by atoms with Crippen molar-refractivity contribution in [2.24, 2.45) is 4.99 Å². The average Bonchev–Trinajstić information content (AvgIpc) is 2.54. The summed E-state index contributed by atoms with van der Waals surface area (Å²) < 4.78 is 12.8. The van der Waals surface area contributed by atoms with Crippen LogP contribution in [-0.4, -0.2) is 19.6 Å². The number of aryl methyl sites for hydroxylation is 1. The zero-order valence-electron chi connectivity index (χ0n) is 13.5. The van der Waals surface area contributed by atoms with Crippen LogP contribution in [0.2, 0.25) is 0 Å². The van der Waals surface area contributed by atoms with Gasteiger partial charge in [-0.3, -0.25) is 4.99 Å². The van der Waals surface area contributed by atoms with Crippen molar-refractivity contribution >= 4 is 29.9 Å². The molecular weight excluding hydrogens is 404 g/mol. The van der Waals surface area contributed by atoms with Gasteiger partial charge in [-0.15, -0.1) is 24.0 Å². The number of rotatable bonds is 5. The van der Waals surface area contributed by atoms with Gasteiger partial charge in [0.15, 0.2) is 5.96 Å². The van der Waals surface area contributed by atoms with Crippen LogP contribution >= 0.6 is 24.0 Å². The lowest BCUT2D eigenvalue weighted by Crippen LogP contribution is -2.37. The lowest BCUT2D eigenvalue weighted by molar-refractivity contribution is 0.626. The Bertz CT molecular complexity index is 609. The molecule has 2 aromatic rings. The molecule has 2 aromatic carbocycles. The first-order chi connectivity index (χ1) is 10.7. The summed E-state index contributed by atoms with van der Waals surface area (Å²) in [6.07, 6.45) is 0.825. The number of hydrogen-bond donors (Lipinski definition) is 2. The van der Waals surface area contributed by atoms with Gasteiger partial charge in [-0.05, 0) is 36.6 Å². The zero-order valence-corrected chi connectivity index (χ0v) is 15.8. The van der Waals surface area contributed by atoms with Gasteiger partial charge in [-0.1, -0.05) is 42.0 Å². The third-order valence-corrected chi connectivity index (χ3v) is 3.42. The third kappa shape index (κ3) is 6.99. The number of guanidine groups is 1. The van der Waals surface area contributed by atoms with Crippen LogP contribution in [0.3, 0.4) is 0 Å². The second-order valence-corrected chi connectivity index (χ2v) is 5.21. The summed E-state index contributed by atoms with van der Waals surface area (Å²) in [6.45, 7) is 3.56. The van der Waals surface area contributed by atoms with E-state index >= 15 is 0 Å². The van der Waals surface area contributed by atoms with E-state index in [4.69, 9.17) is 0 Å². The molecule has 0 aliphatic carbocycles. The summed E-state index contributed by atoms with van der Waals surface area (Å²) in [5, 5.41) is 6.54. The van der Waals surface area contributed by atoms with Crippen molar-refractivity contribution < 1.29 is 4.39 Å². The van der Waals surface area contributed by atoms with E-state index < -0.39 is 0 Å². The lowest BCUT2D eigenvalue weighted by atomic mass is 10.1. The number of nitrogens with one attached hydrogen (secondary N) is 2. The first-order valence-electron chi connectivity index (χ1n) is 7.42. The highest BCUT2D eigenvalue weighted by molar-refractivity contribution is 14.0. The van der Waals surface area contributed by atoms with Crippen molar-refractivity contribution in [3.05, 3.63) is 71.0 Å². The molecule has 0 atom stereocenters. The summed E-state index contributed by atoms with van der Waals surface area (Å²) in [4.78, 5) is 4.20. The predicted octanol–water partition coefficient (Wildman–Crippen LogP) is 3.66. The van der Waals surface area contributed by atoms with Crippen LogP contribution in [0.5, 0.6) is 0 Å². The molecule has 0 aliphatic rings. The Morgan fingerprint density at radius 1 is 0.957 bits per heavy atom. The summed E-state index contributed by atoms with van der Waals surface area (Å²) >= 11 is 0. The van der Waals surface area contributed by atoms with Crippen molar-refractivity contribution in [2.75, 3.05) is 13.6 Å². The molecule has 0 fully saturated rings. The van der Waals surface area contributed by atoms with Gasteiger partial charge in [0.05, 0.1) is 0 Å². The van der Waals surface area contributed by atoms with Gasteiger partial charge in [0.1, 0.15) is 5.82 Å². The van der Waals surface area contributed by atoms with Crippen LogP contribution < -0.4 is 10.6 Å². The monoisotopic (exact) mass is 427 g/mol. The van der Waals surface area contributed by atoms with Crippen molar-refractivity contribution in [2.45, 2.75) is 19.9 Å². The Hall–Kier alpha value is -1.63. The van der Waals surface area contributed by atoms with E-state index in [1.54, 1.807) is 19.2 Å². The van der Waals surface area contributed by atoms with E-state index in [0.717, 1.165) is 31.0 Å². The van der Waals surface area contributed by atoms with Crippen LogP contribution in [0.4, 0.5) is 4.39 Å². The van der Waals surface area contributed by atoms with E-state index in [1.807, 2.05) is 0 Å². The first-order valence-corrected chi connectivity index (χ1v) is 7.42. The molecule has 3 nitrogen and oxygen atoms in total. The fourth-order valence-electron chi connectivity index (χ4n) is 2.09. The molecule has 124 valence electrons. The number of aliphatic imine (C=N–C) groups is 1. The Kier molecular flexibility index (Phi) is 8.61. The molecule has 0 amide bonds. The molecule has 0 heterocycles. The highest BCUT2D eigenvalue weighted by atomic mass is 127. The van der Waals surface area contributed by atoms with Crippen molar-refractivity contribution in [3.8, 4) is 0 Å². The quantitative estimate of drug-likeness (QED) is 0.434. The molecule has 5 heteroatoms. The molecule has 0 radical (unpaired) electrons. The van der Waals surface area contributed by atoms with Crippen LogP contribution in [0, 0.1) is 12.7 Å². The van der Waals surface area contributed by atoms with Gasteiger partial charge in [-0.25, -0.2) is 4.39 Å². The van der Waals surface area contributed by atoms with E-state index in [9.17, 15) is 4.39 Å². The topological polar surface area (TPSA) is 36.4 Å². The minimum Gasteiger partial charge on any atom is -0.356 e. The van der Waals surface area contributed by atoms with Gasteiger partial charge >= 0.3 is 0 Å². The molecule has 0 spiro atoms. The predicted molar refractivity (Wildman–Crippen MR) is 105 cm³/mol. The van der Waals surface area contributed by atoms with Gasteiger partial charge in [0.2, 0.25) is 0 Å². The maximum Gasteiger partial charge on any atom is 0.191 e. The third-order valence-electron chi connectivity index (χ3n) is 3.42.